The van der Waals surface area contributed by atoms with Crippen molar-refractivity contribution >= 4 is 29.3 Å². The lowest BCUT2D eigenvalue weighted by atomic mass is 9.79. The molecule has 2 aromatic rings. The Kier molecular flexibility index (Phi) is 9.40. The molecule has 1 unspecified atom stereocenters. The van der Waals surface area contributed by atoms with Gasteiger partial charge in [-0.3, -0.25) is 4.79 Å². The Hall–Kier alpha value is -2.53. The second-order valence-corrected chi connectivity index (χ2v) is 10.1. The van der Waals surface area contributed by atoms with E-state index in [0.717, 1.165) is 41.7 Å². The predicted molar refractivity (Wildman–Crippen MR) is 139 cm³/mol. The van der Waals surface area contributed by atoms with E-state index in [4.69, 9.17) is 9.47 Å². The largest absolute Gasteiger partial charge is 0.513 e. The van der Waals surface area contributed by atoms with E-state index in [1.807, 2.05) is 0 Å². The molecule has 0 bridgehead atoms. The first-order chi connectivity index (χ1) is 16.4. The number of carbonyl (C=O) groups excluding carboxylic acids is 2. The molecule has 0 radical (unpaired) electrons. The van der Waals surface area contributed by atoms with Gasteiger partial charge in [-0.25, -0.2) is 4.79 Å². The minimum atomic E-state index is -0.735. The van der Waals surface area contributed by atoms with Crippen LogP contribution in [0.2, 0.25) is 0 Å². The maximum Gasteiger partial charge on any atom is 0.513 e. The molecule has 0 saturated carbocycles. The van der Waals surface area contributed by atoms with Crippen LogP contribution in [0.15, 0.2) is 47.1 Å². The Morgan fingerprint density at radius 3 is 2.21 bits per heavy atom. The molecule has 0 aliphatic heterocycles. The standard InChI is InChI=1S/C29H36O4S/c1-6-22-15-20(5)16-23(7-2)27(22)28-25(30)17-21(18-26(28)33-29(31)32-8-3)13-14-34-24-11-9-19(4)10-12-24/h9-12,15-16,21H,6-8,13-14,17-18H2,1-5H3. The zero-order valence-corrected chi connectivity index (χ0v) is 21.8. The predicted octanol–water partition coefficient (Wildman–Crippen LogP) is 7.47. The Morgan fingerprint density at radius 2 is 1.62 bits per heavy atom. The molecule has 0 fully saturated rings. The molecule has 0 heterocycles. The van der Waals surface area contributed by atoms with Gasteiger partial charge in [0.25, 0.3) is 0 Å². The molecule has 0 N–H and O–H groups in total. The number of carbonyl (C=O) groups is 2. The normalized spacial score (nSPS) is 16.0. The summed E-state index contributed by atoms with van der Waals surface area (Å²) < 4.78 is 10.8. The van der Waals surface area contributed by atoms with Crippen LogP contribution in [0, 0.1) is 19.8 Å². The number of aryl methyl sites for hydroxylation is 4. The van der Waals surface area contributed by atoms with E-state index in [1.165, 1.54) is 16.0 Å². The molecule has 1 atom stereocenters. The zero-order valence-electron chi connectivity index (χ0n) is 21.0. The van der Waals surface area contributed by atoms with Crippen LogP contribution in [0.25, 0.3) is 5.57 Å². The van der Waals surface area contributed by atoms with E-state index >= 15 is 0 Å². The third-order valence-corrected chi connectivity index (χ3v) is 7.29. The summed E-state index contributed by atoms with van der Waals surface area (Å²) in [7, 11) is 0. The fraction of sp³-hybridized carbons (Fsp3) is 0.448. The van der Waals surface area contributed by atoms with E-state index in [0.29, 0.717) is 24.2 Å². The minimum Gasteiger partial charge on any atom is -0.434 e. The van der Waals surface area contributed by atoms with Gasteiger partial charge < -0.3 is 9.47 Å². The monoisotopic (exact) mass is 480 g/mol. The van der Waals surface area contributed by atoms with Gasteiger partial charge >= 0.3 is 6.16 Å². The quantitative estimate of drug-likeness (QED) is 0.275. The summed E-state index contributed by atoms with van der Waals surface area (Å²) in [5, 5.41) is 0. The lowest BCUT2D eigenvalue weighted by Crippen LogP contribution is -2.23. The maximum atomic E-state index is 13.5. The topological polar surface area (TPSA) is 52.6 Å². The van der Waals surface area contributed by atoms with Crippen molar-refractivity contribution in [2.75, 3.05) is 12.4 Å². The molecule has 5 heteroatoms. The van der Waals surface area contributed by atoms with Gasteiger partial charge in [0.2, 0.25) is 0 Å². The first kappa shape index (κ1) is 26.1. The number of rotatable bonds is 9. The van der Waals surface area contributed by atoms with Crippen LogP contribution in [0.4, 0.5) is 4.79 Å². The fourth-order valence-electron chi connectivity index (χ4n) is 4.58. The van der Waals surface area contributed by atoms with Crippen LogP contribution in [0.5, 0.6) is 0 Å². The number of ketones is 1. The smallest absolute Gasteiger partial charge is 0.434 e. The van der Waals surface area contributed by atoms with E-state index < -0.39 is 6.16 Å². The number of thioether (sulfide) groups is 1. The first-order valence-electron chi connectivity index (χ1n) is 12.3. The van der Waals surface area contributed by atoms with E-state index in [2.05, 4.69) is 64.1 Å². The highest BCUT2D eigenvalue weighted by atomic mass is 32.2. The van der Waals surface area contributed by atoms with Crippen LogP contribution in [0.1, 0.15) is 67.9 Å². The highest BCUT2D eigenvalue weighted by Gasteiger charge is 2.33. The second-order valence-electron chi connectivity index (χ2n) is 8.90. The van der Waals surface area contributed by atoms with Crippen molar-refractivity contribution < 1.29 is 19.1 Å². The number of allylic oxidation sites excluding steroid dienone is 2. The minimum absolute atomic E-state index is 0.0594. The van der Waals surface area contributed by atoms with Crippen LogP contribution >= 0.6 is 11.8 Å². The number of ether oxygens (including phenoxy) is 2. The molecule has 0 aromatic heterocycles. The molecule has 1 aliphatic rings. The van der Waals surface area contributed by atoms with E-state index in [1.54, 1.807) is 18.7 Å². The lowest BCUT2D eigenvalue weighted by molar-refractivity contribution is -0.115. The molecule has 2 aromatic carbocycles. The Bertz CT molecular complexity index is 1030. The third-order valence-electron chi connectivity index (χ3n) is 6.25. The van der Waals surface area contributed by atoms with Crippen molar-refractivity contribution in [2.24, 2.45) is 5.92 Å². The summed E-state index contributed by atoms with van der Waals surface area (Å²) in [6.07, 6.45) is 2.80. The SMILES string of the molecule is CCOC(=O)OC1=C(c2c(CC)cc(C)cc2CC)C(=O)CC(CCSc2ccc(C)cc2)C1. The van der Waals surface area contributed by atoms with E-state index in [-0.39, 0.29) is 18.3 Å². The summed E-state index contributed by atoms with van der Waals surface area (Å²) in [4.78, 5) is 27.1. The fourth-order valence-corrected chi connectivity index (χ4v) is 5.59. The number of Topliss-reactive ketones (excluding diaryl/α,β-unsaturated/α-hetero) is 1. The lowest BCUT2D eigenvalue weighted by Gasteiger charge is -2.28. The van der Waals surface area contributed by atoms with Crippen LogP contribution < -0.4 is 0 Å². The van der Waals surface area contributed by atoms with Gasteiger partial charge in [0.15, 0.2) is 5.78 Å². The van der Waals surface area contributed by atoms with E-state index in [9.17, 15) is 9.59 Å². The van der Waals surface area contributed by atoms with Crippen molar-refractivity contribution in [3.63, 3.8) is 0 Å². The van der Waals surface area contributed by atoms with Gasteiger partial charge in [-0.05, 0) is 80.5 Å². The van der Waals surface area contributed by atoms with Crippen LogP contribution in [0.3, 0.4) is 0 Å². The third kappa shape index (κ3) is 6.53. The summed E-state index contributed by atoms with van der Waals surface area (Å²) in [6, 6.07) is 12.8. The molecule has 3 rings (SSSR count). The molecule has 34 heavy (non-hydrogen) atoms. The van der Waals surface area contributed by atoms with Gasteiger partial charge in [0, 0.05) is 17.7 Å². The van der Waals surface area contributed by atoms with Crippen molar-refractivity contribution in [1.82, 2.24) is 0 Å². The summed E-state index contributed by atoms with van der Waals surface area (Å²) in [5.74, 6) is 1.57. The highest BCUT2D eigenvalue weighted by molar-refractivity contribution is 7.99. The van der Waals surface area contributed by atoms with Crippen molar-refractivity contribution in [3.8, 4) is 0 Å². The van der Waals surface area contributed by atoms with Gasteiger partial charge in [-0.1, -0.05) is 49.2 Å². The molecule has 0 amide bonds. The van der Waals surface area contributed by atoms with Gasteiger partial charge in [0.1, 0.15) is 5.76 Å². The number of benzene rings is 2. The molecular formula is C29H36O4S. The Labute approximate surface area is 208 Å². The zero-order chi connectivity index (χ0) is 24.7. The van der Waals surface area contributed by atoms with Crippen LogP contribution in [-0.4, -0.2) is 24.3 Å². The summed E-state index contributed by atoms with van der Waals surface area (Å²) in [5.41, 5.74) is 6.20. The molecule has 1 aliphatic carbocycles. The molecule has 4 nitrogen and oxygen atoms in total. The molecule has 0 spiro atoms. The molecule has 182 valence electrons. The average molecular weight is 481 g/mol. The second kappa shape index (κ2) is 12.3. The number of hydrogen-bond donors (Lipinski definition) is 0. The van der Waals surface area contributed by atoms with Gasteiger partial charge in [0.05, 0.1) is 12.2 Å². The van der Waals surface area contributed by atoms with Crippen molar-refractivity contribution in [3.05, 3.63) is 70.0 Å². The average Bonchev–Trinajstić information content (AvgIpc) is 2.80. The summed E-state index contributed by atoms with van der Waals surface area (Å²) >= 11 is 1.80. The molecule has 0 saturated heterocycles. The van der Waals surface area contributed by atoms with Crippen molar-refractivity contribution in [1.29, 1.82) is 0 Å². The summed E-state index contributed by atoms with van der Waals surface area (Å²) in [6.45, 7) is 10.3. The van der Waals surface area contributed by atoms with Gasteiger partial charge in [-0.15, -0.1) is 11.8 Å². The van der Waals surface area contributed by atoms with Gasteiger partial charge in [-0.2, -0.15) is 0 Å². The Morgan fingerprint density at radius 1 is 0.971 bits per heavy atom. The first-order valence-corrected chi connectivity index (χ1v) is 13.3. The highest BCUT2D eigenvalue weighted by Crippen LogP contribution is 2.39. The van der Waals surface area contributed by atoms with Crippen LogP contribution in [-0.2, 0) is 27.1 Å². The van der Waals surface area contributed by atoms with Crippen molar-refractivity contribution in [2.45, 2.75) is 71.6 Å². The number of hydrogen-bond acceptors (Lipinski definition) is 5. The maximum absolute atomic E-state index is 13.5. The molecular weight excluding hydrogens is 444 g/mol. The Balaban J connectivity index is 1.89.